The molecular formula is C34H35N3O5. The molecule has 8 nitrogen and oxygen atoms in total. The Balaban J connectivity index is 1.05. The lowest BCUT2D eigenvalue weighted by atomic mass is 9.85. The summed E-state index contributed by atoms with van der Waals surface area (Å²) in [5.74, 6) is -1.30. The summed E-state index contributed by atoms with van der Waals surface area (Å²) in [4.78, 5) is 43.0. The van der Waals surface area contributed by atoms with Crippen molar-refractivity contribution >= 4 is 18.0 Å². The average molecular weight is 566 g/mol. The summed E-state index contributed by atoms with van der Waals surface area (Å²) in [7, 11) is 0. The van der Waals surface area contributed by atoms with E-state index >= 15 is 0 Å². The summed E-state index contributed by atoms with van der Waals surface area (Å²) >= 11 is 0. The number of hydrogen-bond acceptors (Lipinski definition) is 5. The Morgan fingerprint density at radius 3 is 2.00 bits per heavy atom. The first kappa shape index (κ1) is 26.7. The van der Waals surface area contributed by atoms with Gasteiger partial charge in [0.15, 0.2) is 0 Å². The number of hydrogen-bond donors (Lipinski definition) is 2. The van der Waals surface area contributed by atoms with Crippen molar-refractivity contribution < 1.29 is 24.2 Å². The number of carboxylic acids is 1. The number of aliphatic carboxylic acids is 1. The van der Waals surface area contributed by atoms with Crippen molar-refractivity contribution in [1.29, 1.82) is 0 Å². The Hall–Kier alpha value is -4.17. The van der Waals surface area contributed by atoms with Crippen LogP contribution in [0.15, 0.2) is 78.9 Å². The molecule has 7 rings (SSSR count). The SMILES string of the molecule is O=C(NC1(C(=O)N2CC3C(C2)C3C(=O)O)CCN(Cc2ccccc2)CC1)OCC1c2ccccc2-c2ccccc21. The van der Waals surface area contributed by atoms with Gasteiger partial charge in [0.2, 0.25) is 5.91 Å². The van der Waals surface area contributed by atoms with Crippen molar-refractivity contribution in [3.8, 4) is 11.1 Å². The lowest BCUT2D eigenvalue weighted by Crippen LogP contribution is -2.64. The Bertz CT molecular complexity index is 1460. The third kappa shape index (κ3) is 4.73. The van der Waals surface area contributed by atoms with E-state index in [0.29, 0.717) is 39.0 Å². The Morgan fingerprint density at radius 2 is 1.40 bits per heavy atom. The summed E-state index contributed by atoms with van der Waals surface area (Å²) in [5.41, 5.74) is 4.72. The second-order valence-electron chi connectivity index (χ2n) is 12.2. The Morgan fingerprint density at radius 1 is 0.833 bits per heavy atom. The van der Waals surface area contributed by atoms with Gasteiger partial charge in [-0.15, -0.1) is 0 Å². The van der Waals surface area contributed by atoms with Crippen LogP contribution in [0.2, 0.25) is 0 Å². The smallest absolute Gasteiger partial charge is 0.408 e. The summed E-state index contributed by atoms with van der Waals surface area (Å²) < 4.78 is 5.87. The van der Waals surface area contributed by atoms with E-state index in [1.807, 2.05) is 42.5 Å². The highest BCUT2D eigenvalue weighted by atomic mass is 16.5. The topological polar surface area (TPSA) is 99.2 Å². The van der Waals surface area contributed by atoms with Crippen molar-refractivity contribution in [2.75, 3.05) is 32.8 Å². The number of alkyl carbamates (subject to hydrolysis) is 1. The first-order valence-electron chi connectivity index (χ1n) is 14.9. The molecule has 2 unspecified atom stereocenters. The van der Waals surface area contributed by atoms with Gasteiger partial charge < -0.3 is 20.1 Å². The molecule has 2 saturated heterocycles. The molecular weight excluding hydrogens is 530 g/mol. The molecule has 3 aromatic carbocycles. The van der Waals surface area contributed by atoms with Gasteiger partial charge in [-0.05, 0) is 52.5 Å². The van der Waals surface area contributed by atoms with Gasteiger partial charge in [-0.3, -0.25) is 14.5 Å². The summed E-state index contributed by atoms with van der Waals surface area (Å²) in [6, 6.07) is 26.6. The van der Waals surface area contributed by atoms with E-state index in [0.717, 1.165) is 28.8 Å². The second-order valence-corrected chi connectivity index (χ2v) is 12.2. The minimum atomic E-state index is -1.08. The number of fused-ring (bicyclic) bond motifs is 4. The van der Waals surface area contributed by atoms with Crippen LogP contribution in [0.1, 0.15) is 35.4 Å². The lowest BCUT2D eigenvalue weighted by Gasteiger charge is -2.43. The molecule has 2 N–H and O–H groups in total. The van der Waals surface area contributed by atoms with Crippen molar-refractivity contribution in [2.45, 2.75) is 30.8 Å². The van der Waals surface area contributed by atoms with Crippen LogP contribution in [-0.2, 0) is 20.9 Å². The third-order valence-electron chi connectivity index (χ3n) is 9.82. The number of piperidine rings is 2. The third-order valence-corrected chi connectivity index (χ3v) is 9.82. The van der Waals surface area contributed by atoms with Crippen LogP contribution >= 0.6 is 0 Å². The number of carbonyl (C=O) groups is 3. The number of nitrogens with zero attached hydrogens (tertiary/aromatic N) is 2. The first-order valence-corrected chi connectivity index (χ1v) is 14.9. The molecule has 2 heterocycles. The molecule has 1 saturated carbocycles. The minimum absolute atomic E-state index is 0.0103. The Labute approximate surface area is 245 Å². The number of carboxylic acid groups (broad SMARTS) is 1. The molecule has 216 valence electrons. The number of carbonyl (C=O) groups excluding carboxylic acids is 2. The molecule has 2 aliphatic carbocycles. The number of benzene rings is 3. The number of rotatable bonds is 7. The van der Waals surface area contributed by atoms with E-state index in [1.54, 1.807) is 4.90 Å². The maximum Gasteiger partial charge on any atom is 0.408 e. The number of likely N-dealkylation sites (tertiary alicyclic amines) is 2. The molecule has 0 bridgehead atoms. The molecule has 3 fully saturated rings. The van der Waals surface area contributed by atoms with Gasteiger partial charge in [0, 0.05) is 38.6 Å². The van der Waals surface area contributed by atoms with Gasteiger partial charge in [0.05, 0.1) is 5.92 Å². The van der Waals surface area contributed by atoms with Crippen LogP contribution < -0.4 is 5.32 Å². The monoisotopic (exact) mass is 565 g/mol. The van der Waals surface area contributed by atoms with Gasteiger partial charge >= 0.3 is 12.1 Å². The largest absolute Gasteiger partial charge is 0.481 e. The first-order chi connectivity index (χ1) is 20.4. The van der Waals surface area contributed by atoms with E-state index < -0.39 is 17.6 Å². The predicted molar refractivity (Wildman–Crippen MR) is 157 cm³/mol. The molecule has 3 aromatic rings. The summed E-state index contributed by atoms with van der Waals surface area (Å²) in [6.45, 7) is 3.14. The van der Waals surface area contributed by atoms with E-state index in [1.165, 1.54) is 5.56 Å². The minimum Gasteiger partial charge on any atom is -0.481 e. The van der Waals surface area contributed by atoms with Crippen molar-refractivity contribution in [3.63, 3.8) is 0 Å². The fourth-order valence-corrected chi connectivity index (χ4v) is 7.52. The zero-order valence-corrected chi connectivity index (χ0v) is 23.4. The Kier molecular flexibility index (Phi) is 6.73. The molecule has 0 spiro atoms. The maximum atomic E-state index is 14.0. The summed E-state index contributed by atoms with van der Waals surface area (Å²) in [5, 5.41) is 12.5. The quantitative estimate of drug-likeness (QED) is 0.442. The van der Waals surface area contributed by atoms with E-state index in [4.69, 9.17) is 4.74 Å². The van der Waals surface area contributed by atoms with Gasteiger partial charge in [-0.1, -0.05) is 78.9 Å². The highest BCUT2D eigenvalue weighted by molar-refractivity contribution is 5.91. The predicted octanol–water partition coefficient (Wildman–Crippen LogP) is 4.35. The lowest BCUT2D eigenvalue weighted by molar-refractivity contribution is -0.143. The highest BCUT2D eigenvalue weighted by Crippen LogP contribution is 2.52. The fourth-order valence-electron chi connectivity index (χ4n) is 7.52. The normalized spacial score (nSPS) is 23.9. The van der Waals surface area contributed by atoms with Crippen molar-refractivity contribution in [2.24, 2.45) is 17.8 Å². The summed E-state index contributed by atoms with van der Waals surface area (Å²) in [6.07, 6.45) is 0.350. The van der Waals surface area contributed by atoms with Crippen LogP contribution in [0.5, 0.6) is 0 Å². The van der Waals surface area contributed by atoms with Crippen LogP contribution in [0, 0.1) is 17.8 Å². The van der Waals surface area contributed by atoms with Crippen LogP contribution in [0.3, 0.4) is 0 Å². The number of ether oxygens (including phenoxy) is 1. The number of amides is 2. The zero-order valence-electron chi connectivity index (χ0n) is 23.4. The number of nitrogens with one attached hydrogen (secondary N) is 1. The van der Waals surface area contributed by atoms with Crippen LogP contribution in [-0.4, -0.2) is 71.2 Å². The molecule has 0 aromatic heterocycles. The average Bonchev–Trinajstić information content (AvgIpc) is 3.36. The molecule has 2 atom stereocenters. The van der Waals surface area contributed by atoms with Gasteiger partial charge in [0.1, 0.15) is 12.1 Å². The maximum absolute atomic E-state index is 14.0. The van der Waals surface area contributed by atoms with E-state index in [2.05, 4.69) is 46.6 Å². The van der Waals surface area contributed by atoms with Crippen molar-refractivity contribution in [1.82, 2.24) is 15.1 Å². The van der Waals surface area contributed by atoms with Gasteiger partial charge in [-0.2, -0.15) is 0 Å². The van der Waals surface area contributed by atoms with E-state index in [9.17, 15) is 19.5 Å². The van der Waals surface area contributed by atoms with Crippen LogP contribution in [0.4, 0.5) is 4.79 Å². The van der Waals surface area contributed by atoms with Crippen molar-refractivity contribution in [3.05, 3.63) is 95.6 Å². The molecule has 42 heavy (non-hydrogen) atoms. The molecule has 2 aliphatic heterocycles. The second kappa shape index (κ2) is 10.6. The molecule has 4 aliphatic rings. The van der Waals surface area contributed by atoms with E-state index in [-0.39, 0.29) is 36.2 Å². The molecule has 0 radical (unpaired) electrons. The standard InChI is InChI=1S/C34H35N3O5/c38-31(39)30-27-19-37(20-28(27)30)32(40)34(14-16-36(17-15-34)18-22-8-2-1-3-9-22)35-33(41)42-21-29-25-12-6-4-10-23(25)24-11-5-7-13-26(24)29/h1-13,27-30H,14-21H2,(H,35,41)(H,38,39). The van der Waals surface area contributed by atoms with Crippen LogP contribution in [0.25, 0.3) is 11.1 Å². The molecule has 2 amide bonds. The van der Waals surface area contributed by atoms with Gasteiger partial charge in [-0.25, -0.2) is 4.79 Å². The fraction of sp³-hybridized carbons (Fsp3) is 0.382. The van der Waals surface area contributed by atoms with Gasteiger partial charge in [0.25, 0.3) is 0 Å². The zero-order chi connectivity index (χ0) is 28.8. The molecule has 8 heteroatoms. The highest BCUT2D eigenvalue weighted by Gasteiger charge is 2.62.